The van der Waals surface area contributed by atoms with Gasteiger partial charge in [-0.15, -0.1) is 0 Å². The second-order valence-corrected chi connectivity index (χ2v) is 6.14. The summed E-state index contributed by atoms with van der Waals surface area (Å²) in [7, 11) is 0. The van der Waals surface area contributed by atoms with Crippen molar-refractivity contribution in [1.29, 1.82) is 0 Å². The second-order valence-electron chi connectivity index (χ2n) is 6.14. The van der Waals surface area contributed by atoms with Gasteiger partial charge in [-0.3, -0.25) is 9.80 Å². The zero-order chi connectivity index (χ0) is 13.9. The summed E-state index contributed by atoms with van der Waals surface area (Å²) in [5.74, 6) is 2.22. The number of furan rings is 1. The fraction of sp³-hybridized carbons (Fsp3) is 0.750. The molecule has 1 aromatic rings. The van der Waals surface area contributed by atoms with Crippen LogP contribution in [0.3, 0.4) is 0 Å². The van der Waals surface area contributed by atoms with Gasteiger partial charge in [0.15, 0.2) is 0 Å². The molecular formula is C16H27N3O. The minimum atomic E-state index is 0.845. The van der Waals surface area contributed by atoms with Crippen molar-refractivity contribution in [3.8, 4) is 0 Å². The Labute approximate surface area is 122 Å². The van der Waals surface area contributed by atoms with Gasteiger partial charge in [-0.2, -0.15) is 0 Å². The van der Waals surface area contributed by atoms with E-state index in [0.29, 0.717) is 0 Å². The lowest BCUT2D eigenvalue weighted by Crippen LogP contribution is -2.46. The Bertz CT molecular complexity index is 431. The van der Waals surface area contributed by atoms with Crippen molar-refractivity contribution in [1.82, 2.24) is 15.1 Å². The quantitative estimate of drug-likeness (QED) is 0.861. The van der Waals surface area contributed by atoms with Crippen molar-refractivity contribution in [2.24, 2.45) is 0 Å². The third-order valence-electron chi connectivity index (χ3n) is 4.46. The lowest BCUT2D eigenvalue weighted by molar-refractivity contribution is 0.115. The molecule has 3 rings (SSSR count). The van der Waals surface area contributed by atoms with Crippen LogP contribution in [0.25, 0.3) is 0 Å². The number of piperazine rings is 1. The van der Waals surface area contributed by atoms with Crippen LogP contribution < -0.4 is 5.32 Å². The molecule has 0 aromatic carbocycles. The Kier molecular flexibility index (Phi) is 4.44. The molecule has 1 N–H and O–H groups in total. The average molecular weight is 277 g/mol. The van der Waals surface area contributed by atoms with Gasteiger partial charge in [0.25, 0.3) is 0 Å². The Morgan fingerprint density at radius 2 is 2.00 bits per heavy atom. The average Bonchev–Trinajstić information content (AvgIpc) is 3.23. The molecule has 2 fully saturated rings. The fourth-order valence-electron chi connectivity index (χ4n) is 3.03. The zero-order valence-corrected chi connectivity index (χ0v) is 12.8. The van der Waals surface area contributed by atoms with E-state index in [1.807, 2.05) is 0 Å². The van der Waals surface area contributed by atoms with Gasteiger partial charge in [0, 0.05) is 32.2 Å². The molecule has 0 radical (unpaired) electrons. The number of rotatable bonds is 6. The van der Waals surface area contributed by atoms with Crippen molar-refractivity contribution in [3.63, 3.8) is 0 Å². The van der Waals surface area contributed by atoms with Gasteiger partial charge >= 0.3 is 0 Å². The van der Waals surface area contributed by atoms with Gasteiger partial charge in [0.05, 0.1) is 13.1 Å². The summed E-state index contributed by atoms with van der Waals surface area (Å²) in [6.45, 7) is 11.9. The van der Waals surface area contributed by atoms with Gasteiger partial charge < -0.3 is 9.73 Å². The van der Waals surface area contributed by atoms with Crippen molar-refractivity contribution >= 4 is 0 Å². The van der Waals surface area contributed by atoms with Crippen LogP contribution in [0.4, 0.5) is 0 Å². The largest absolute Gasteiger partial charge is 0.463 e. The van der Waals surface area contributed by atoms with Crippen molar-refractivity contribution < 1.29 is 4.42 Å². The van der Waals surface area contributed by atoms with E-state index < -0.39 is 0 Å². The van der Waals surface area contributed by atoms with Gasteiger partial charge in [-0.25, -0.2) is 0 Å². The van der Waals surface area contributed by atoms with E-state index in [9.17, 15) is 0 Å². The van der Waals surface area contributed by atoms with E-state index in [4.69, 9.17) is 4.42 Å². The minimum absolute atomic E-state index is 0.845. The van der Waals surface area contributed by atoms with Gasteiger partial charge in [-0.05, 0) is 37.9 Å². The summed E-state index contributed by atoms with van der Waals surface area (Å²) >= 11 is 0. The smallest absolute Gasteiger partial charge is 0.120 e. The molecule has 0 amide bonds. The first kappa shape index (κ1) is 14.1. The number of hydrogen-bond acceptors (Lipinski definition) is 4. The lowest BCUT2D eigenvalue weighted by Gasteiger charge is -2.34. The van der Waals surface area contributed by atoms with Crippen LogP contribution in [0.5, 0.6) is 0 Å². The Morgan fingerprint density at radius 1 is 1.25 bits per heavy atom. The van der Waals surface area contributed by atoms with Gasteiger partial charge in [-0.1, -0.05) is 6.92 Å². The number of nitrogens with zero attached hydrogens (tertiary/aromatic N) is 2. The fourth-order valence-corrected chi connectivity index (χ4v) is 3.03. The molecule has 4 heteroatoms. The molecule has 1 saturated heterocycles. The Hall–Kier alpha value is -0.840. The molecule has 0 unspecified atom stereocenters. The van der Waals surface area contributed by atoms with E-state index in [-0.39, 0.29) is 0 Å². The van der Waals surface area contributed by atoms with E-state index in [1.54, 1.807) is 0 Å². The second kappa shape index (κ2) is 6.29. The maximum Gasteiger partial charge on any atom is 0.120 e. The Balaban J connectivity index is 1.50. The molecule has 1 saturated carbocycles. The van der Waals surface area contributed by atoms with E-state index >= 15 is 0 Å². The highest BCUT2D eigenvalue weighted by Crippen LogP contribution is 2.27. The van der Waals surface area contributed by atoms with Crippen LogP contribution in [0.2, 0.25) is 0 Å². The first-order valence-electron chi connectivity index (χ1n) is 8.01. The highest BCUT2D eigenvalue weighted by atomic mass is 16.3. The predicted molar refractivity (Wildman–Crippen MR) is 80.7 cm³/mol. The SMILES string of the molecule is CCNCc1oc(CN2CCN(C3CC3)CC2)cc1C. The topological polar surface area (TPSA) is 31.7 Å². The predicted octanol–water partition coefficient (Wildman–Crippen LogP) is 1.98. The monoisotopic (exact) mass is 277 g/mol. The van der Waals surface area contributed by atoms with E-state index in [1.165, 1.54) is 44.6 Å². The van der Waals surface area contributed by atoms with Crippen molar-refractivity contribution in [3.05, 3.63) is 23.2 Å². The molecule has 2 heterocycles. The maximum atomic E-state index is 5.99. The lowest BCUT2D eigenvalue weighted by atomic mass is 10.2. The van der Waals surface area contributed by atoms with Gasteiger partial charge in [0.2, 0.25) is 0 Å². The summed E-state index contributed by atoms with van der Waals surface area (Å²) in [4.78, 5) is 5.18. The Morgan fingerprint density at radius 3 is 2.65 bits per heavy atom. The molecular weight excluding hydrogens is 250 g/mol. The summed E-state index contributed by atoms with van der Waals surface area (Å²) in [6, 6.07) is 3.12. The first-order valence-corrected chi connectivity index (χ1v) is 8.01. The molecule has 1 aromatic heterocycles. The summed E-state index contributed by atoms with van der Waals surface area (Å²) < 4.78 is 5.99. The minimum Gasteiger partial charge on any atom is -0.463 e. The zero-order valence-electron chi connectivity index (χ0n) is 12.8. The van der Waals surface area contributed by atoms with Crippen molar-refractivity contribution in [2.45, 2.75) is 45.8 Å². The van der Waals surface area contributed by atoms with Crippen LogP contribution in [0.1, 0.15) is 36.8 Å². The van der Waals surface area contributed by atoms with Crippen LogP contribution in [0, 0.1) is 6.92 Å². The summed E-state index contributed by atoms with van der Waals surface area (Å²) in [6.07, 6.45) is 2.84. The van der Waals surface area contributed by atoms with Crippen LogP contribution in [0.15, 0.2) is 10.5 Å². The highest BCUT2D eigenvalue weighted by Gasteiger charge is 2.31. The third kappa shape index (κ3) is 3.43. The molecule has 1 aliphatic carbocycles. The van der Waals surface area contributed by atoms with Crippen LogP contribution in [-0.4, -0.2) is 48.6 Å². The van der Waals surface area contributed by atoms with Gasteiger partial charge in [0.1, 0.15) is 11.5 Å². The molecule has 0 spiro atoms. The molecule has 4 nitrogen and oxygen atoms in total. The van der Waals surface area contributed by atoms with Crippen LogP contribution >= 0.6 is 0 Å². The highest BCUT2D eigenvalue weighted by molar-refractivity contribution is 5.20. The molecule has 0 atom stereocenters. The van der Waals surface area contributed by atoms with E-state index in [2.05, 4.69) is 35.0 Å². The number of nitrogens with one attached hydrogen (secondary N) is 1. The standard InChI is InChI=1S/C16H27N3O/c1-3-17-11-16-13(2)10-15(20-16)12-18-6-8-19(9-7-18)14-4-5-14/h10,14,17H,3-9,11-12H2,1-2H3. The van der Waals surface area contributed by atoms with Crippen LogP contribution in [-0.2, 0) is 13.1 Å². The molecule has 0 bridgehead atoms. The third-order valence-corrected chi connectivity index (χ3v) is 4.46. The molecule has 1 aliphatic heterocycles. The first-order chi connectivity index (χ1) is 9.76. The maximum absolute atomic E-state index is 5.99. The number of hydrogen-bond donors (Lipinski definition) is 1. The normalized spacial score (nSPS) is 21.5. The van der Waals surface area contributed by atoms with Crippen molar-refractivity contribution in [2.75, 3.05) is 32.7 Å². The van der Waals surface area contributed by atoms with E-state index in [0.717, 1.165) is 37.2 Å². The number of aryl methyl sites for hydroxylation is 1. The summed E-state index contributed by atoms with van der Waals surface area (Å²) in [5, 5.41) is 3.33. The summed E-state index contributed by atoms with van der Waals surface area (Å²) in [5.41, 5.74) is 1.28. The molecule has 112 valence electrons. The molecule has 2 aliphatic rings. The molecule has 20 heavy (non-hydrogen) atoms.